The summed E-state index contributed by atoms with van der Waals surface area (Å²) in [4.78, 5) is 2.52. The molecule has 0 amide bonds. The predicted octanol–water partition coefficient (Wildman–Crippen LogP) is 11.1. The van der Waals surface area contributed by atoms with E-state index in [-0.39, 0.29) is 19.9 Å². The Labute approximate surface area is 257 Å². The molecule has 1 heterocycles. The van der Waals surface area contributed by atoms with E-state index in [4.69, 9.17) is 0 Å². The maximum atomic E-state index is 2.52. The van der Waals surface area contributed by atoms with Crippen LogP contribution in [0, 0.1) is 0 Å². The first kappa shape index (κ1) is 24.9. The van der Waals surface area contributed by atoms with Gasteiger partial charge in [0.1, 0.15) is 0 Å². The monoisotopic (exact) mass is 615 g/mol. The number of benzene rings is 7. The van der Waals surface area contributed by atoms with Gasteiger partial charge >= 0.3 is 258 Å². The molecule has 7 aromatic carbocycles. The summed E-state index contributed by atoms with van der Waals surface area (Å²) in [6, 6.07) is 51.9. The Hall–Kier alpha value is -4.62. The van der Waals surface area contributed by atoms with Gasteiger partial charge in [-0.05, 0) is 0 Å². The fraction of sp³-hybridized carbons (Fsp3) is 0.0732. The van der Waals surface area contributed by atoms with Crippen LogP contribution in [0.25, 0.3) is 52.0 Å². The molecule has 9 rings (SSSR count). The first-order valence-corrected chi connectivity index (χ1v) is 16.7. The summed E-state index contributed by atoms with van der Waals surface area (Å²) >= 11 is 0.251. The van der Waals surface area contributed by atoms with E-state index < -0.39 is 0 Å². The summed E-state index contributed by atoms with van der Waals surface area (Å²) in [6.45, 7) is 4.73. The molecule has 0 radical (unpaired) electrons. The van der Waals surface area contributed by atoms with Crippen LogP contribution in [0.5, 0.6) is 0 Å². The Morgan fingerprint density at radius 1 is 0.535 bits per heavy atom. The molecule has 0 saturated heterocycles. The van der Waals surface area contributed by atoms with Crippen molar-refractivity contribution in [2.75, 3.05) is 4.90 Å². The average Bonchev–Trinajstić information content (AvgIpc) is 3.54. The molecule has 0 atom stereocenters. The van der Waals surface area contributed by atoms with Crippen molar-refractivity contribution >= 4 is 72.4 Å². The van der Waals surface area contributed by atoms with Gasteiger partial charge in [-0.2, -0.15) is 0 Å². The van der Waals surface area contributed by atoms with Gasteiger partial charge < -0.3 is 0 Å². The number of anilines is 3. The van der Waals surface area contributed by atoms with Gasteiger partial charge in [-0.3, -0.25) is 0 Å². The van der Waals surface area contributed by atoms with Gasteiger partial charge in [0.2, 0.25) is 0 Å². The van der Waals surface area contributed by atoms with Crippen molar-refractivity contribution in [1.29, 1.82) is 0 Å². The molecule has 1 aliphatic carbocycles. The quantitative estimate of drug-likeness (QED) is 0.141. The van der Waals surface area contributed by atoms with Gasteiger partial charge in [0.25, 0.3) is 0 Å². The predicted molar refractivity (Wildman–Crippen MR) is 186 cm³/mol. The second-order valence-electron chi connectivity index (χ2n) is 12.1. The van der Waals surface area contributed by atoms with Gasteiger partial charge in [-0.1, -0.05) is 0 Å². The fourth-order valence-corrected chi connectivity index (χ4v) is 10.1. The summed E-state index contributed by atoms with van der Waals surface area (Å²) in [5, 5.41) is 8.11. The van der Waals surface area contributed by atoms with Crippen molar-refractivity contribution in [1.82, 2.24) is 0 Å². The molecule has 1 aromatic heterocycles. The first-order valence-electron chi connectivity index (χ1n) is 15.0. The summed E-state index contributed by atoms with van der Waals surface area (Å²) in [7, 11) is 0. The minimum atomic E-state index is -0.0646. The Morgan fingerprint density at radius 3 is 2.12 bits per heavy atom. The van der Waals surface area contributed by atoms with Crippen LogP contribution in [0.2, 0.25) is 0 Å². The SMILES string of the molecule is CC1(C)c2ccccc2-c2c(N(c3ccccc3)c3cc4ccccc4c4c3ccc3c5ccccc5[se]c34)cccc21. The van der Waals surface area contributed by atoms with Gasteiger partial charge in [-0.15, -0.1) is 0 Å². The zero-order valence-corrected chi connectivity index (χ0v) is 25.8. The summed E-state index contributed by atoms with van der Waals surface area (Å²) in [5.41, 5.74) is 9.02. The topological polar surface area (TPSA) is 3.24 Å². The van der Waals surface area contributed by atoms with E-state index in [2.05, 4.69) is 158 Å². The molecule has 1 nitrogen and oxygen atoms in total. The number of fused-ring (bicyclic) bond motifs is 10. The second kappa shape index (κ2) is 9.19. The van der Waals surface area contributed by atoms with E-state index in [1.165, 1.54) is 80.2 Å². The van der Waals surface area contributed by atoms with Crippen LogP contribution in [0.3, 0.4) is 0 Å². The van der Waals surface area contributed by atoms with Crippen molar-refractivity contribution < 1.29 is 0 Å². The molecule has 0 N–H and O–H groups in total. The van der Waals surface area contributed by atoms with Crippen molar-refractivity contribution in [3.05, 3.63) is 151 Å². The molecular weight excluding hydrogens is 585 g/mol. The van der Waals surface area contributed by atoms with Crippen molar-refractivity contribution in [2.45, 2.75) is 19.3 Å². The molecule has 0 spiro atoms. The summed E-state index contributed by atoms with van der Waals surface area (Å²) in [5.74, 6) is 0. The second-order valence-corrected chi connectivity index (χ2v) is 14.3. The van der Waals surface area contributed by atoms with E-state index in [1.807, 2.05) is 0 Å². The zero-order valence-electron chi connectivity index (χ0n) is 24.1. The van der Waals surface area contributed by atoms with Gasteiger partial charge in [0, 0.05) is 0 Å². The van der Waals surface area contributed by atoms with Crippen molar-refractivity contribution in [3.8, 4) is 11.1 Å². The van der Waals surface area contributed by atoms with Crippen LogP contribution in [0.15, 0.2) is 140 Å². The Balaban J connectivity index is 1.44. The third kappa shape index (κ3) is 3.51. The van der Waals surface area contributed by atoms with E-state index in [0.717, 1.165) is 0 Å². The summed E-state index contributed by atoms with van der Waals surface area (Å²) in [6.07, 6.45) is 0. The molecule has 204 valence electrons. The van der Waals surface area contributed by atoms with Gasteiger partial charge in [-0.25, -0.2) is 0 Å². The molecule has 0 aliphatic heterocycles. The van der Waals surface area contributed by atoms with Crippen LogP contribution in [-0.2, 0) is 5.41 Å². The average molecular weight is 615 g/mol. The van der Waals surface area contributed by atoms with Gasteiger partial charge in [0.05, 0.1) is 0 Å². The first-order chi connectivity index (χ1) is 21.1. The zero-order chi connectivity index (χ0) is 28.7. The molecule has 2 heteroatoms. The molecule has 1 aliphatic rings. The van der Waals surface area contributed by atoms with Gasteiger partial charge in [0.15, 0.2) is 0 Å². The van der Waals surface area contributed by atoms with E-state index >= 15 is 0 Å². The summed E-state index contributed by atoms with van der Waals surface area (Å²) < 4.78 is 2.98. The van der Waals surface area contributed by atoms with Crippen LogP contribution >= 0.6 is 0 Å². The third-order valence-electron chi connectivity index (χ3n) is 9.43. The van der Waals surface area contributed by atoms with E-state index in [9.17, 15) is 0 Å². The Kier molecular flexibility index (Phi) is 5.33. The van der Waals surface area contributed by atoms with Crippen LogP contribution in [-0.4, -0.2) is 14.5 Å². The van der Waals surface area contributed by atoms with Crippen LogP contribution < -0.4 is 4.90 Å². The molecule has 0 saturated carbocycles. The van der Waals surface area contributed by atoms with Crippen LogP contribution in [0.4, 0.5) is 17.1 Å². The molecule has 0 fully saturated rings. The minimum absolute atomic E-state index is 0.0646. The number of nitrogens with zero attached hydrogens (tertiary/aromatic N) is 1. The Morgan fingerprint density at radius 2 is 1.23 bits per heavy atom. The molecule has 8 aromatic rings. The van der Waals surface area contributed by atoms with Crippen LogP contribution in [0.1, 0.15) is 25.0 Å². The molecule has 0 unspecified atom stereocenters. The molecular formula is C41H29NSe. The molecule has 0 bridgehead atoms. The maximum absolute atomic E-state index is 2.52. The van der Waals surface area contributed by atoms with Crippen molar-refractivity contribution in [3.63, 3.8) is 0 Å². The number of rotatable bonds is 3. The van der Waals surface area contributed by atoms with E-state index in [0.29, 0.717) is 0 Å². The van der Waals surface area contributed by atoms with E-state index in [1.54, 1.807) is 0 Å². The fourth-order valence-electron chi connectivity index (χ4n) is 7.44. The van der Waals surface area contributed by atoms with Crippen molar-refractivity contribution in [2.24, 2.45) is 0 Å². The number of hydrogen-bond acceptors (Lipinski definition) is 1. The normalized spacial score (nSPS) is 13.5. The molecule has 43 heavy (non-hydrogen) atoms. The standard InChI is InChI=1S/C41H29NSe/c1-41(2)33-19-10-8-18-31(33)39-34(41)20-12-21-35(39)42(27-14-4-3-5-15-27)36-25-26-13-6-7-16-28(26)38-32(36)24-23-30-29-17-9-11-22-37(29)43-40(30)38/h3-25H,1-2H3. The third-order valence-corrected chi connectivity index (χ3v) is 12.0. The number of hydrogen-bond donors (Lipinski definition) is 0. The number of para-hydroxylation sites is 1. The Bertz CT molecular complexity index is 2380.